The van der Waals surface area contributed by atoms with Crippen molar-refractivity contribution < 1.29 is 9.72 Å². The van der Waals surface area contributed by atoms with Crippen molar-refractivity contribution in [3.63, 3.8) is 0 Å². The van der Waals surface area contributed by atoms with Crippen LogP contribution in [0.2, 0.25) is 5.02 Å². The second kappa shape index (κ2) is 7.73. The molecule has 0 atom stereocenters. The van der Waals surface area contributed by atoms with Crippen LogP contribution in [0.3, 0.4) is 0 Å². The maximum atomic E-state index is 12.2. The van der Waals surface area contributed by atoms with Crippen LogP contribution in [0.5, 0.6) is 0 Å². The fraction of sp³-hybridized carbons (Fsp3) is 0. The third kappa shape index (κ3) is 4.41. The van der Waals surface area contributed by atoms with Gasteiger partial charge in [-0.2, -0.15) is 5.26 Å². The van der Waals surface area contributed by atoms with Crippen LogP contribution in [0.1, 0.15) is 5.56 Å². The Bertz CT molecular complexity index is 873. The second-order valence-corrected chi connectivity index (χ2v) is 5.92. The van der Waals surface area contributed by atoms with Crippen molar-refractivity contribution in [2.24, 2.45) is 0 Å². The fourth-order valence-electron chi connectivity index (χ4n) is 1.80. The minimum Gasteiger partial charge on any atom is -0.321 e. The van der Waals surface area contributed by atoms with E-state index in [0.717, 1.165) is 10.5 Å². The number of nitriles is 1. The van der Waals surface area contributed by atoms with Crippen LogP contribution in [0.4, 0.5) is 11.4 Å². The molecule has 0 radical (unpaired) electrons. The summed E-state index contributed by atoms with van der Waals surface area (Å²) in [6.45, 7) is 0. The Kier molecular flexibility index (Phi) is 5.68. The number of nitro benzene ring substituents is 1. The molecule has 0 aromatic heterocycles. The molecule has 0 aliphatic heterocycles. The second-order valence-electron chi connectivity index (χ2n) is 4.60. The van der Waals surface area contributed by atoms with Gasteiger partial charge in [0, 0.05) is 16.2 Å². The van der Waals surface area contributed by atoms with Gasteiger partial charge >= 0.3 is 0 Å². The topological polar surface area (TPSA) is 96.0 Å². The first-order valence-electron chi connectivity index (χ1n) is 6.53. The molecule has 2 rings (SSSR count). The molecule has 0 unspecified atom stereocenters. The Labute approximate surface area is 150 Å². The number of hydrogen-bond acceptors (Lipinski definition) is 4. The molecule has 0 aliphatic carbocycles. The molecule has 2 aromatic rings. The Morgan fingerprint density at radius 3 is 2.54 bits per heavy atom. The van der Waals surface area contributed by atoms with E-state index in [-0.39, 0.29) is 22.0 Å². The lowest BCUT2D eigenvalue weighted by Crippen LogP contribution is -2.13. The Balaban J connectivity index is 2.24. The van der Waals surface area contributed by atoms with Gasteiger partial charge in [0.05, 0.1) is 4.92 Å². The van der Waals surface area contributed by atoms with Crippen LogP contribution >= 0.6 is 27.5 Å². The van der Waals surface area contributed by atoms with E-state index in [0.29, 0.717) is 5.56 Å². The summed E-state index contributed by atoms with van der Waals surface area (Å²) in [6.07, 6.45) is 1.42. The molecule has 0 saturated carbocycles. The van der Waals surface area contributed by atoms with Crippen molar-refractivity contribution >= 4 is 50.9 Å². The number of hydrogen-bond donors (Lipinski definition) is 1. The van der Waals surface area contributed by atoms with Gasteiger partial charge in [0.25, 0.3) is 11.6 Å². The molecule has 2 aromatic carbocycles. The van der Waals surface area contributed by atoms with Crippen LogP contribution in [0.25, 0.3) is 6.08 Å². The van der Waals surface area contributed by atoms with Crippen LogP contribution in [0.15, 0.2) is 52.5 Å². The van der Waals surface area contributed by atoms with Gasteiger partial charge < -0.3 is 5.32 Å². The number of rotatable bonds is 4. The molecule has 8 heteroatoms. The Morgan fingerprint density at radius 1 is 1.29 bits per heavy atom. The molecule has 120 valence electrons. The summed E-state index contributed by atoms with van der Waals surface area (Å²) >= 11 is 9.01. The first-order chi connectivity index (χ1) is 11.4. The molecule has 0 saturated heterocycles. The molecule has 0 bridgehead atoms. The summed E-state index contributed by atoms with van der Waals surface area (Å²) in [4.78, 5) is 22.4. The summed E-state index contributed by atoms with van der Waals surface area (Å²) in [5.74, 6) is -0.669. The number of carbonyl (C=O) groups excluding carboxylic acids is 1. The maximum Gasteiger partial charge on any atom is 0.289 e. The number of nitro groups is 1. The fourth-order valence-corrected chi connectivity index (χ4v) is 2.25. The van der Waals surface area contributed by atoms with Gasteiger partial charge in [-0.25, -0.2) is 0 Å². The molecule has 1 N–H and O–H groups in total. The highest BCUT2D eigenvalue weighted by atomic mass is 79.9. The van der Waals surface area contributed by atoms with Gasteiger partial charge in [0.15, 0.2) is 0 Å². The average Bonchev–Trinajstić information content (AvgIpc) is 2.55. The SMILES string of the molecule is N#C/C(=C\c1ccc(Br)cc1)C(=O)Nc1ccc(Cl)c([N+](=O)[O-])c1. The summed E-state index contributed by atoms with van der Waals surface area (Å²) in [7, 11) is 0. The van der Waals surface area contributed by atoms with E-state index in [1.807, 2.05) is 6.07 Å². The standard InChI is InChI=1S/C16H9BrClN3O3/c17-12-3-1-10(2-4-12)7-11(9-19)16(22)20-13-5-6-14(18)15(8-13)21(23)24/h1-8H,(H,20,22)/b11-7+. The van der Waals surface area contributed by atoms with Gasteiger partial charge in [-0.1, -0.05) is 39.7 Å². The molecule has 0 fully saturated rings. The zero-order valence-electron chi connectivity index (χ0n) is 12.0. The largest absolute Gasteiger partial charge is 0.321 e. The summed E-state index contributed by atoms with van der Waals surface area (Å²) in [5.41, 5.74) is 0.389. The summed E-state index contributed by atoms with van der Waals surface area (Å²) in [5, 5.41) is 22.4. The van der Waals surface area contributed by atoms with Crippen molar-refractivity contribution in [2.75, 3.05) is 5.32 Å². The minimum absolute atomic E-state index is 0.0380. The number of anilines is 1. The van der Waals surface area contributed by atoms with Crippen molar-refractivity contribution in [3.05, 3.63) is 73.2 Å². The summed E-state index contributed by atoms with van der Waals surface area (Å²) in [6, 6.07) is 12.7. The van der Waals surface area contributed by atoms with E-state index in [1.54, 1.807) is 24.3 Å². The summed E-state index contributed by atoms with van der Waals surface area (Å²) < 4.78 is 0.871. The van der Waals surface area contributed by atoms with Crippen LogP contribution in [-0.2, 0) is 4.79 Å². The monoisotopic (exact) mass is 405 g/mol. The van der Waals surface area contributed by atoms with Gasteiger partial charge in [-0.15, -0.1) is 0 Å². The number of halogens is 2. The average molecular weight is 407 g/mol. The third-order valence-corrected chi connectivity index (χ3v) is 3.80. The smallest absolute Gasteiger partial charge is 0.289 e. The normalized spacial score (nSPS) is 10.8. The van der Waals surface area contributed by atoms with E-state index in [2.05, 4.69) is 21.2 Å². The Hall–Kier alpha value is -2.69. The number of nitrogens with zero attached hydrogens (tertiary/aromatic N) is 2. The first kappa shape index (κ1) is 17.7. The van der Waals surface area contributed by atoms with E-state index >= 15 is 0 Å². The minimum atomic E-state index is -0.669. The molecule has 1 amide bonds. The van der Waals surface area contributed by atoms with Crippen LogP contribution < -0.4 is 5.32 Å². The van der Waals surface area contributed by atoms with E-state index in [9.17, 15) is 14.9 Å². The number of benzene rings is 2. The van der Waals surface area contributed by atoms with E-state index in [1.165, 1.54) is 18.2 Å². The van der Waals surface area contributed by atoms with Crippen LogP contribution in [-0.4, -0.2) is 10.8 Å². The van der Waals surface area contributed by atoms with E-state index in [4.69, 9.17) is 16.9 Å². The molecule has 24 heavy (non-hydrogen) atoms. The molecule has 0 heterocycles. The highest BCUT2D eigenvalue weighted by Gasteiger charge is 2.15. The lowest BCUT2D eigenvalue weighted by Gasteiger charge is -2.05. The predicted octanol–water partition coefficient (Wildman–Crippen LogP) is 4.56. The van der Waals surface area contributed by atoms with E-state index < -0.39 is 10.8 Å². The van der Waals surface area contributed by atoms with Gasteiger partial charge in [-0.05, 0) is 35.9 Å². The van der Waals surface area contributed by atoms with Crippen molar-refractivity contribution in [1.29, 1.82) is 5.26 Å². The van der Waals surface area contributed by atoms with Crippen molar-refractivity contribution in [1.82, 2.24) is 0 Å². The zero-order valence-corrected chi connectivity index (χ0v) is 14.3. The number of amides is 1. The van der Waals surface area contributed by atoms with Gasteiger partial charge in [-0.3, -0.25) is 14.9 Å². The third-order valence-electron chi connectivity index (χ3n) is 2.95. The number of nitrogens with one attached hydrogen (secondary N) is 1. The molecule has 6 nitrogen and oxygen atoms in total. The highest BCUT2D eigenvalue weighted by Crippen LogP contribution is 2.27. The molecule has 0 aliphatic rings. The Morgan fingerprint density at radius 2 is 1.96 bits per heavy atom. The zero-order chi connectivity index (χ0) is 17.7. The molecule has 0 spiro atoms. The van der Waals surface area contributed by atoms with Crippen molar-refractivity contribution in [3.8, 4) is 6.07 Å². The van der Waals surface area contributed by atoms with Gasteiger partial charge in [0.2, 0.25) is 0 Å². The molecular weight excluding hydrogens is 398 g/mol. The predicted molar refractivity (Wildman–Crippen MR) is 94.5 cm³/mol. The lowest BCUT2D eigenvalue weighted by atomic mass is 10.1. The van der Waals surface area contributed by atoms with Gasteiger partial charge in [0.1, 0.15) is 16.7 Å². The molecular formula is C16H9BrClN3O3. The quantitative estimate of drug-likeness (QED) is 0.348. The maximum absolute atomic E-state index is 12.2. The van der Waals surface area contributed by atoms with Crippen molar-refractivity contribution in [2.45, 2.75) is 0 Å². The van der Waals surface area contributed by atoms with Crippen LogP contribution in [0, 0.1) is 21.4 Å². The highest BCUT2D eigenvalue weighted by molar-refractivity contribution is 9.10. The lowest BCUT2D eigenvalue weighted by molar-refractivity contribution is -0.384. The first-order valence-corrected chi connectivity index (χ1v) is 7.70. The number of carbonyl (C=O) groups is 1.